The summed E-state index contributed by atoms with van der Waals surface area (Å²) in [5.74, 6) is -0.234. The summed E-state index contributed by atoms with van der Waals surface area (Å²) in [5, 5.41) is 11.7. The highest BCUT2D eigenvalue weighted by Gasteiger charge is 2.30. The second-order valence-electron chi connectivity index (χ2n) is 5.87. The second-order valence-corrected chi connectivity index (χ2v) is 5.87. The van der Waals surface area contributed by atoms with Crippen molar-refractivity contribution in [3.05, 3.63) is 0 Å². The molecule has 6 nitrogen and oxygen atoms in total. The first kappa shape index (κ1) is 15.1. The molecule has 2 amide bonds. The number of urea groups is 1. The second kappa shape index (κ2) is 6.92. The van der Waals surface area contributed by atoms with Crippen LogP contribution in [-0.2, 0) is 9.53 Å². The van der Waals surface area contributed by atoms with E-state index in [2.05, 4.69) is 12.2 Å². The SMILES string of the molecule is CC1CCCN(C(=O)NCC2CCC(C(=O)O)O2)CC1. The van der Waals surface area contributed by atoms with Gasteiger partial charge in [-0.1, -0.05) is 6.92 Å². The summed E-state index contributed by atoms with van der Waals surface area (Å²) in [6.45, 7) is 4.23. The number of amides is 2. The fourth-order valence-electron chi connectivity index (χ4n) is 2.82. The number of aliphatic carboxylic acids is 1. The number of hydrogen-bond donors (Lipinski definition) is 2. The predicted octanol–water partition coefficient (Wildman–Crippen LogP) is 1.45. The van der Waals surface area contributed by atoms with Gasteiger partial charge in [0.1, 0.15) is 0 Å². The molecule has 6 heteroatoms. The van der Waals surface area contributed by atoms with Crippen LogP contribution in [0, 0.1) is 5.92 Å². The van der Waals surface area contributed by atoms with Crippen LogP contribution < -0.4 is 5.32 Å². The lowest BCUT2D eigenvalue weighted by Crippen LogP contribution is -2.43. The smallest absolute Gasteiger partial charge is 0.332 e. The van der Waals surface area contributed by atoms with Crippen LogP contribution in [0.25, 0.3) is 0 Å². The number of carboxylic acid groups (broad SMARTS) is 1. The van der Waals surface area contributed by atoms with Gasteiger partial charge in [0, 0.05) is 19.6 Å². The van der Waals surface area contributed by atoms with Crippen molar-refractivity contribution in [2.75, 3.05) is 19.6 Å². The van der Waals surface area contributed by atoms with E-state index in [0.29, 0.717) is 25.3 Å². The van der Waals surface area contributed by atoms with Crippen LogP contribution >= 0.6 is 0 Å². The maximum atomic E-state index is 12.1. The Labute approximate surface area is 119 Å². The van der Waals surface area contributed by atoms with E-state index >= 15 is 0 Å². The highest BCUT2D eigenvalue weighted by molar-refractivity contribution is 5.74. The van der Waals surface area contributed by atoms with Gasteiger partial charge in [0.25, 0.3) is 0 Å². The molecule has 2 saturated heterocycles. The maximum absolute atomic E-state index is 12.1. The van der Waals surface area contributed by atoms with Gasteiger partial charge in [-0.3, -0.25) is 0 Å². The standard InChI is InChI=1S/C14H24N2O4/c1-10-3-2-7-16(8-6-10)14(19)15-9-11-4-5-12(20-11)13(17)18/h10-12H,2-9H2,1H3,(H,15,19)(H,17,18). The van der Waals surface area contributed by atoms with Crippen molar-refractivity contribution in [3.63, 3.8) is 0 Å². The Morgan fingerprint density at radius 2 is 2.05 bits per heavy atom. The molecule has 0 aromatic heterocycles. The van der Waals surface area contributed by atoms with Gasteiger partial charge >= 0.3 is 12.0 Å². The monoisotopic (exact) mass is 284 g/mol. The number of nitrogens with one attached hydrogen (secondary N) is 1. The lowest BCUT2D eigenvalue weighted by molar-refractivity contribution is -0.149. The number of likely N-dealkylation sites (tertiary alicyclic amines) is 1. The van der Waals surface area contributed by atoms with Gasteiger partial charge in [-0.2, -0.15) is 0 Å². The molecule has 2 heterocycles. The summed E-state index contributed by atoms with van der Waals surface area (Å²) in [6.07, 6.45) is 3.60. The Kier molecular flexibility index (Phi) is 5.23. The highest BCUT2D eigenvalue weighted by atomic mass is 16.5. The normalized spacial score (nSPS) is 30.9. The van der Waals surface area contributed by atoms with Gasteiger partial charge in [0.2, 0.25) is 0 Å². The molecule has 20 heavy (non-hydrogen) atoms. The van der Waals surface area contributed by atoms with Gasteiger partial charge in [-0.15, -0.1) is 0 Å². The van der Waals surface area contributed by atoms with Crippen molar-refractivity contribution in [2.24, 2.45) is 5.92 Å². The number of carbonyl (C=O) groups excluding carboxylic acids is 1. The molecule has 2 N–H and O–H groups in total. The number of carbonyl (C=O) groups is 2. The lowest BCUT2D eigenvalue weighted by atomic mass is 10.0. The van der Waals surface area contributed by atoms with Gasteiger partial charge < -0.3 is 20.1 Å². The van der Waals surface area contributed by atoms with Crippen LogP contribution in [0.1, 0.15) is 39.0 Å². The number of hydrogen-bond acceptors (Lipinski definition) is 3. The maximum Gasteiger partial charge on any atom is 0.332 e. The van der Waals surface area contributed by atoms with E-state index in [0.717, 1.165) is 25.9 Å². The minimum Gasteiger partial charge on any atom is -0.479 e. The minimum atomic E-state index is -0.916. The summed E-state index contributed by atoms with van der Waals surface area (Å²) in [6, 6.07) is -0.0542. The fraction of sp³-hybridized carbons (Fsp3) is 0.857. The molecule has 0 spiro atoms. The van der Waals surface area contributed by atoms with Crippen LogP contribution in [0.3, 0.4) is 0 Å². The Morgan fingerprint density at radius 1 is 1.25 bits per heavy atom. The number of carboxylic acids is 1. The van der Waals surface area contributed by atoms with Crippen LogP contribution in [-0.4, -0.2) is 53.8 Å². The zero-order chi connectivity index (χ0) is 14.5. The van der Waals surface area contributed by atoms with Gasteiger partial charge in [0.05, 0.1) is 6.10 Å². The van der Waals surface area contributed by atoms with Crippen LogP contribution in [0.5, 0.6) is 0 Å². The summed E-state index contributed by atoms with van der Waals surface area (Å²) in [5.41, 5.74) is 0. The molecular formula is C14H24N2O4. The average molecular weight is 284 g/mol. The van der Waals surface area contributed by atoms with Gasteiger partial charge in [-0.25, -0.2) is 9.59 Å². The third-order valence-electron chi connectivity index (χ3n) is 4.17. The van der Waals surface area contributed by atoms with Crippen molar-refractivity contribution in [1.29, 1.82) is 0 Å². The van der Waals surface area contributed by atoms with E-state index < -0.39 is 12.1 Å². The van der Waals surface area contributed by atoms with Crippen molar-refractivity contribution in [2.45, 2.75) is 51.2 Å². The molecule has 0 aromatic carbocycles. The molecule has 0 saturated carbocycles. The zero-order valence-electron chi connectivity index (χ0n) is 12.0. The van der Waals surface area contributed by atoms with Crippen molar-refractivity contribution in [3.8, 4) is 0 Å². The van der Waals surface area contributed by atoms with E-state index in [9.17, 15) is 9.59 Å². The zero-order valence-corrected chi connectivity index (χ0v) is 12.0. The lowest BCUT2D eigenvalue weighted by Gasteiger charge is -2.22. The number of nitrogens with zero attached hydrogens (tertiary/aromatic N) is 1. The summed E-state index contributed by atoms with van der Waals surface area (Å²) in [4.78, 5) is 24.7. The molecule has 2 aliphatic heterocycles. The van der Waals surface area contributed by atoms with E-state index in [1.165, 1.54) is 6.42 Å². The van der Waals surface area contributed by atoms with Gasteiger partial charge in [-0.05, 0) is 38.0 Å². The molecule has 0 radical (unpaired) electrons. The third kappa shape index (κ3) is 4.10. The molecule has 3 atom stereocenters. The largest absolute Gasteiger partial charge is 0.479 e. The fourth-order valence-corrected chi connectivity index (χ4v) is 2.82. The molecule has 2 rings (SSSR count). The predicted molar refractivity (Wildman–Crippen MR) is 73.5 cm³/mol. The Balaban J connectivity index is 1.71. The molecule has 0 bridgehead atoms. The highest BCUT2D eigenvalue weighted by Crippen LogP contribution is 2.20. The molecule has 3 unspecified atom stereocenters. The van der Waals surface area contributed by atoms with Crippen LogP contribution in [0.2, 0.25) is 0 Å². The van der Waals surface area contributed by atoms with Crippen molar-refractivity contribution < 1.29 is 19.4 Å². The molecule has 114 valence electrons. The first-order valence-electron chi connectivity index (χ1n) is 7.47. The number of ether oxygens (including phenoxy) is 1. The Bertz CT molecular complexity index is 361. The Hall–Kier alpha value is -1.30. The molecule has 0 aromatic rings. The first-order valence-corrected chi connectivity index (χ1v) is 7.47. The minimum absolute atomic E-state index is 0.0542. The average Bonchev–Trinajstić information content (AvgIpc) is 2.79. The molecule has 2 fully saturated rings. The van der Waals surface area contributed by atoms with E-state index in [-0.39, 0.29) is 12.1 Å². The quantitative estimate of drug-likeness (QED) is 0.822. The summed E-state index contributed by atoms with van der Waals surface area (Å²) < 4.78 is 5.37. The van der Waals surface area contributed by atoms with E-state index in [1.54, 1.807) is 0 Å². The Morgan fingerprint density at radius 3 is 2.75 bits per heavy atom. The van der Waals surface area contributed by atoms with E-state index in [1.807, 2.05) is 4.90 Å². The van der Waals surface area contributed by atoms with Gasteiger partial charge in [0.15, 0.2) is 6.10 Å². The summed E-state index contributed by atoms with van der Waals surface area (Å²) in [7, 11) is 0. The topological polar surface area (TPSA) is 78.9 Å². The van der Waals surface area contributed by atoms with Crippen molar-refractivity contribution in [1.82, 2.24) is 10.2 Å². The molecular weight excluding hydrogens is 260 g/mol. The number of rotatable bonds is 3. The van der Waals surface area contributed by atoms with Crippen LogP contribution in [0.4, 0.5) is 4.79 Å². The van der Waals surface area contributed by atoms with E-state index in [4.69, 9.17) is 9.84 Å². The molecule has 0 aliphatic carbocycles. The van der Waals surface area contributed by atoms with Crippen LogP contribution in [0.15, 0.2) is 0 Å². The summed E-state index contributed by atoms with van der Waals surface area (Å²) >= 11 is 0. The molecule has 2 aliphatic rings. The first-order chi connectivity index (χ1) is 9.56. The van der Waals surface area contributed by atoms with Crippen molar-refractivity contribution >= 4 is 12.0 Å². The third-order valence-corrected chi connectivity index (χ3v) is 4.17.